The van der Waals surface area contributed by atoms with E-state index in [9.17, 15) is 14.4 Å². The van der Waals surface area contributed by atoms with Crippen molar-refractivity contribution in [3.05, 3.63) is 52.1 Å². The van der Waals surface area contributed by atoms with E-state index in [-0.39, 0.29) is 29.1 Å². The summed E-state index contributed by atoms with van der Waals surface area (Å²) in [4.78, 5) is 44.4. The van der Waals surface area contributed by atoms with Crippen LogP contribution in [0.3, 0.4) is 0 Å². The number of likely N-dealkylation sites (tertiary alicyclic amines) is 1. The molecule has 3 aromatic rings. The SMILES string of the molecule is CCOC(=O)[C@H]1CCCN(C(=O)CSc2nc3ccsc3c(=O)n2-c2ccccc2)C1. The van der Waals surface area contributed by atoms with Gasteiger partial charge in [-0.15, -0.1) is 11.3 Å². The van der Waals surface area contributed by atoms with Gasteiger partial charge in [-0.3, -0.25) is 19.0 Å². The first-order chi connectivity index (χ1) is 15.1. The lowest BCUT2D eigenvalue weighted by Crippen LogP contribution is -2.43. The minimum atomic E-state index is -0.273. The third kappa shape index (κ3) is 4.67. The molecule has 7 nitrogen and oxygen atoms in total. The van der Waals surface area contributed by atoms with Crippen LogP contribution in [-0.4, -0.2) is 51.8 Å². The maximum atomic E-state index is 13.1. The van der Waals surface area contributed by atoms with Gasteiger partial charge in [0.1, 0.15) is 4.70 Å². The Hall–Kier alpha value is -2.65. The fourth-order valence-corrected chi connectivity index (χ4v) is 5.34. The molecule has 162 valence electrons. The van der Waals surface area contributed by atoms with Gasteiger partial charge in [-0.25, -0.2) is 4.98 Å². The van der Waals surface area contributed by atoms with Crippen molar-refractivity contribution in [1.82, 2.24) is 14.5 Å². The number of thioether (sulfide) groups is 1. The van der Waals surface area contributed by atoms with Gasteiger partial charge in [0, 0.05) is 13.1 Å². The molecule has 0 radical (unpaired) electrons. The summed E-state index contributed by atoms with van der Waals surface area (Å²) in [6.45, 7) is 3.12. The van der Waals surface area contributed by atoms with Crippen LogP contribution in [0.25, 0.3) is 15.9 Å². The largest absolute Gasteiger partial charge is 0.466 e. The number of carbonyl (C=O) groups excluding carboxylic acids is 2. The lowest BCUT2D eigenvalue weighted by Gasteiger charge is -2.31. The van der Waals surface area contributed by atoms with Crippen LogP contribution in [0.15, 0.2) is 51.7 Å². The topological polar surface area (TPSA) is 81.5 Å². The monoisotopic (exact) mass is 457 g/mol. The third-order valence-corrected chi connectivity index (χ3v) is 7.00. The number of aromatic nitrogens is 2. The Labute approximate surface area is 188 Å². The predicted molar refractivity (Wildman–Crippen MR) is 122 cm³/mol. The van der Waals surface area contributed by atoms with Gasteiger partial charge in [-0.1, -0.05) is 30.0 Å². The average Bonchev–Trinajstić information content (AvgIpc) is 3.27. The van der Waals surface area contributed by atoms with Crippen molar-refractivity contribution in [2.75, 3.05) is 25.4 Å². The van der Waals surface area contributed by atoms with Crippen LogP contribution in [-0.2, 0) is 14.3 Å². The van der Waals surface area contributed by atoms with E-state index in [1.807, 2.05) is 41.8 Å². The highest BCUT2D eigenvalue weighted by Crippen LogP contribution is 2.25. The second-order valence-corrected chi connectivity index (χ2v) is 9.08. The first kappa shape index (κ1) is 21.6. The predicted octanol–water partition coefficient (Wildman–Crippen LogP) is 3.34. The van der Waals surface area contributed by atoms with Crippen LogP contribution in [0.1, 0.15) is 19.8 Å². The second kappa shape index (κ2) is 9.65. The molecule has 0 saturated carbocycles. The van der Waals surface area contributed by atoms with Crippen molar-refractivity contribution in [2.24, 2.45) is 5.92 Å². The van der Waals surface area contributed by atoms with Crippen molar-refractivity contribution < 1.29 is 14.3 Å². The zero-order chi connectivity index (χ0) is 21.8. The van der Waals surface area contributed by atoms with Crippen molar-refractivity contribution in [3.8, 4) is 5.69 Å². The van der Waals surface area contributed by atoms with Crippen LogP contribution >= 0.6 is 23.1 Å². The quantitative estimate of drug-likeness (QED) is 0.321. The number of amides is 1. The number of para-hydroxylation sites is 1. The minimum Gasteiger partial charge on any atom is -0.466 e. The number of rotatable bonds is 6. The van der Waals surface area contributed by atoms with Crippen LogP contribution in [0.5, 0.6) is 0 Å². The molecule has 0 spiro atoms. The van der Waals surface area contributed by atoms with Crippen molar-refractivity contribution >= 4 is 45.2 Å². The summed E-state index contributed by atoms with van der Waals surface area (Å²) in [5.74, 6) is -0.441. The molecule has 1 aromatic carbocycles. The normalized spacial score (nSPS) is 16.4. The van der Waals surface area contributed by atoms with Gasteiger partial charge in [0.25, 0.3) is 5.56 Å². The number of esters is 1. The summed E-state index contributed by atoms with van der Waals surface area (Å²) >= 11 is 2.61. The number of nitrogens with zero attached hydrogens (tertiary/aromatic N) is 3. The molecular weight excluding hydrogens is 434 g/mol. The van der Waals surface area contributed by atoms with Gasteiger partial charge in [-0.05, 0) is 43.3 Å². The van der Waals surface area contributed by atoms with Crippen LogP contribution in [0, 0.1) is 5.92 Å². The summed E-state index contributed by atoms with van der Waals surface area (Å²) in [5, 5.41) is 2.33. The first-order valence-corrected chi connectivity index (χ1v) is 12.1. The average molecular weight is 458 g/mol. The van der Waals surface area contributed by atoms with Crippen molar-refractivity contribution in [2.45, 2.75) is 24.9 Å². The molecule has 9 heteroatoms. The zero-order valence-corrected chi connectivity index (χ0v) is 18.8. The molecule has 1 aliphatic rings. The zero-order valence-electron chi connectivity index (χ0n) is 17.2. The Morgan fingerprint density at radius 2 is 2.06 bits per heavy atom. The Bertz CT molecular complexity index is 1140. The summed E-state index contributed by atoms with van der Waals surface area (Å²) in [7, 11) is 0. The molecule has 0 aliphatic carbocycles. The molecule has 1 fully saturated rings. The third-order valence-electron chi connectivity index (χ3n) is 5.18. The maximum Gasteiger partial charge on any atom is 0.310 e. The molecular formula is C22H23N3O4S2. The van der Waals surface area contributed by atoms with E-state index in [1.165, 1.54) is 23.1 Å². The fourth-order valence-electron chi connectivity index (χ4n) is 3.67. The lowest BCUT2D eigenvalue weighted by molar-refractivity contribution is -0.151. The molecule has 0 bridgehead atoms. The Morgan fingerprint density at radius 3 is 2.84 bits per heavy atom. The van der Waals surface area contributed by atoms with Crippen LogP contribution in [0.2, 0.25) is 0 Å². The van der Waals surface area contributed by atoms with Gasteiger partial charge in [0.2, 0.25) is 5.91 Å². The Kier molecular flexibility index (Phi) is 6.72. The highest BCUT2D eigenvalue weighted by Gasteiger charge is 2.29. The van der Waals surface area contributed by atoms with E-state index in [0.29, 0.717) is 40.8 Å². The molecule has 1 aliphatic heterocycles. The van der Waals surface area contributed by atoms with E-state index in [1.54, 1.807) is 16.4 Å². The summed E-state index contributed by atoms with van der Waals surface area (Å²) in [6.07, 6.45) is 1.51. The van der Waals surface area contributed by atoms with Crippen LogP contribution in [0.4, 0.5) is 0 Å². The molecule has 1 amide bonds. The van der Waals surface area contributed by atoms with Gasteiger partial charge in [0.05, 0.1) is 29.5 Å². The minimum absolute atomic E-state index is 0.0710. The number of fused-ring (bicyclic) bond motifs is 1. The first-order valence-electron chi connectivity index (χ1n) is 10.2. The number of benzene rings is 1. The number of hydrogen-bond acceptors (Lipinski definition) is 7. The molecule has 0 N–H and O–H groups in total. The van der Waals surface area contributed by atoms with Crippen LogP contribution < -0.4 is 5.56 Å². The molecule has 3 heterocycles. The van der Waals surface area contributed by atoms with E-state index in [0.717, 1.165) is 12.8 Å². The smallest absolute Gasteiger partial charge is 0.310 e. The van der Waals surface area contributed by atoms with E-state index in [4.69, 9.17) is 4.74 Å². The molecule has 2 aromatic heterocycles. The molecule has 1 atom stereocenters. The molecule has 4 rings (SSSR count). The summed E-state index contributed by atoms with van der Waals surface area (Å²) in [6, 6.07) is 11.1. The standard InChI is InChI=1S/C22H23N3O4S2/c1-2-29-21(28)15-7-6-11-24(13-15)18(26)14-31-22-23-17-10-12-30-19(17)20(27)25(22)16-8-4-3-5-9-16/h3-5,8-10,12,15H,2,6-7,11,13-14H2,1H3/t15-/m0/s1. The van der Waals surface area contributed by atoms with Gasteiger partial charge >= 0.3 is 5.97 Å². The second-order valence-electron chi connectivity index (χ2n) is 7.23. The fraction of sp³-hybridized carbons (Fsp3) is 0.364. The highest BCUT2D eigenvalue weighted by atomic mass is 32.2. The van der Waals surface area contributed by atoms with Gasteiger partial charge < -0.3 is 9.64 Å². The van der Waals surface area contributed by atoms with E-state index >= 15 is 0 Å². The number of hydrogen-bond donors (Lipinski definition) is 0. The molecule has 0 unspecified atom stereocenters. The van der Waals surface area contributed by atoms with Crippen molar-refractivity contribution in [1.29, 1.82) is 0 Å². The van der Waals surface area contributed by atoms with E-state index in [2.05, 4.69) is 4.98 Å². The number of ether oxygens (including phenoxy) is 1. The highest BCUT2D eigenvalue weighted by molar-refractivity contribution is 7.99. The Balaban J connectivity index is 1.54. The number of thiophene rings is 1. The number of carbonyl (C=O) groups is 2. The van der Waals surface area contributed by atoms with Gasteiger partial charge in [-0.2, -0.15) is 0 Å². The Morgan fingerprint density at radius 1 is 1.26 bits per heavy atom. The summed E-state index contributed by atoms with van der Waals surface area (Å²) < 4.78 is 7.28. The molecule has 1 saturated heterocycles. The summed E-state index contributed by atoms with van der Waals surface area (Å²) in [5.41, 5.74) is 1.21. The van der Waals surface area contributed by atoms with Gasteiger partial charge in [0.15, 0.2) is 5.16 Å². The lowest BCUT2D eigenvalue weighted by atomic mass is 9.98. The van der Waals surface area contributed by atoms with Crippen molar-refractivity contribution in [3.63, 3.8) is 0 Å². The van der Waals surface area contributed by atoms with E-state index < -0.39 is 0 Å². The maximum absolute atomic E-state index is 13.1. The number of piperidine rings is 1. The molecule has 31 heavy (non-hydrogen) atoms.